The van der Waals surface area contributed by atoms with Crippen molar-refractivity contribution in [2.24, 2.45) is 5.92 Å². The van der Waals surface area contributed by atoms with Crippen LogP contribution in [-0.2, 0) is 9.59 Å². The number of ketones is 1. The molecule has 0 radical (unpaired) electrons. The highest BCUT2D eigenvalue weighted by Crippen LogP contribution is 2.17. The lowest BCUT2D eigenvalue weighted by atomic mass is 9.86. The predicted molar refractivity (Wildman–Crippen MR) is 47.2 cm³/mol. The number of aldehydes is 1. The summed E-state index contributed by atoms with van der Waals surface area (Å²) in [5.41, 5.74) is -1.83. The SMILES string of the molecule is CCC(C=O)C(=O)C(C)(O)C(C)O. The molecule has 0 saturated carbocycles. The second-order valence-electron chi connectivity index (χ2n) is 3.34. The van der Waals surface area contributed by atoms with Crippen LogP contribution in [0.4, 0.5) is 0 Å². The van der Waals surface area contributed by atoms with Gasteiger partial charge in [-0.15, -0.1) is 0 Å². The highest BCUT2D eigenvalue weighted by atomic mass is 16.3. The second kappa shape index (κ2) is 4.48. The number of hydrogen-bond donors (Lipinski definition) is 2. The molecule has 0 heterocycles. The first-order valence-electron chi connectivity index (χ1n) is 4.28. The van der Waals surface area contributed by atoms with E-state index in [0.717, 1.165) is 0 Å². The van der Waals surface area contributed by atoms with E-state index in [-0.39, 0.29) is 0 Å². The van der Waals surface area contributed by atoms with Crippen LogP contribution in [0.25, 0.3) is 0 Å². The van der Waals surface area contributed by atoms with Crippen molar-refractivity contribution in [2.45, 2.75) is 38.9 Å². The third kappa shape index (κ3) is 2.60. The van der Waals surface area contributed by atoms with Gasteiger partial charge in [-0.3, -0.25) is 4.79 Å². The van der Waals surface area contributed by atoms with E-state index < -0.39 is 23.4 Å². The summed E-state index contributed by atoms with van der Waals surface area (Å²) in [6, 6.07) is 0. The molecule has 3 atom stereocenters. The first kappa shape index (κ1) is 12.3. The number of Topliss-reactive ketones (excluding diaryl/α,β-unsaturated/α-hetero) is 1. The zero-order chi connectivity index (χ0) is 10.6. The van der Waals surface area contributed by atoms with Crippen LogP contribution >= 0.6 is 0 Å². The normalized spacial score (nSPS) is 20.1. The summed E-state index contributed by atoms with van der Waals surface area (Å²) in [5, 5.41) is 18.6. The van der Waals surface area contributed by atoms with Gasteiger partial charge in [0.05, 0.1) is 12.0 Å². The van der Waals surface area contributed by atoms with Crippen molar-refractivity contribution in [3.05, 3.63) is 0 Å². The molecule has 13 heavy (non-hydrogen) atoms. The number of rotatable bonds is 5. The van der Waals surface area contributed by atoms with Crippen LogP contribution in [0, 0.1) is 5.92 Å². The van der Waals surface area contributed by atoms with Crippen LogP contribution in [0.5, 0.6) is 0 Å². The summed E-state index contributed by atoms with van der Waals surface area (Å²) in [4.78, 5) is 21.9. The quantitative estimate of drug-likeness (QED) is 0.467. The Bertz CT molecular complexity index is 196. The van der Waals surface area contributed by atoms with E-state index in [0.29, 0.717) is 12.7 Å². The highest BCUT2D eigenvalue weighted by Gasteiger charge is 2.38. The fraction of sp³-hybridized carbons (Fsp3) is 0.778. The molecule has 0 aliphatic heterocycles. The van der Waals surface area contributed by atoms with Crippen molar-refractivity contribution in [3.8, 4) is 0 Å². The minimum atomic E-state index is -1.83. The van der Waals surface area contributed by atoms with E-state index in [1.54, 1.807) is 6.92 Å². The molecular formula is C9H16O4. The number of aliphatic hydroxyl groups is 2. The van der Waals surface area contributed by atoms with Gasteiger partial charge in [-0.05, 0) is 20.3 Å². The molecular weight excluding hydrogens is 172 g/mol. The molecule has 2 N–H and O–H groups in total. The van der Waals surface area contributed by atoms with E-state index >= 15 is 0 Å². The van der Waals surface area contributed by atoms with Crippen molar-refractivity contribution in [1.29, 1.82) is 0 Å². The zero-order valence-electron chi connectivity index (χ0n) is 8.15. The molecule has 0 fully saturated rings. The molecule has 0 aromatic heterocycles. The Morgan fingerprint density at radius 3 is 2.31 bits per heavy atom. The Morgan fingerprint density at radius 1 is 1.62 bits per heavy atom. The molecule has 0 aliphatic carbocycles. The zero-order valence-corrected chi connectivity index (χ0v) is 8.15. The maximum atomic E-state index is 11.4. The van der Waals surface area contributed by atoms with Crippen LogP contribution in [0.3, 0.4) is 0 Å². The fourth-order valence-corrected chi connectivity index (χ4v) is 0.925. The van der Waals surface area contributed by atoms with Gasteiger partial charge in [0.2, 0.25) is 0 Å². The molecule has 0 amide bonds. The molecule has 4 nitrogen and oxygen atoms in total. The van der Waals surface area contributed by atoms with Gasteiger partial charge in [-0.2, -0.15) is 0 Å². The third-order valence-electron chi connectivity index (χ3n) is 2.25. The smallest absolute Gasteiger partial charge is 0.176 e. The van der Waals surface area contributed by atoms with Gasteiger partial charge in [0.15, 0.2) is 5.78 Å². The van der Waals surface area contributed by atoms with Gasteiger partial charge < -0.3 is 15.0 Å². The summed E-state index contributed by atoms with van der Waals surface area (Å²) in [6.45, 7) is 4.21. The van der Waals surface area contributed by atoms with E-state index in [1.807, 2.05) is 0 Å². The maximum absolute atomic E-state index is 11.4. The van der Waals surface area contributed by atoms with Gasteiger partial charge in [-0.25, -0.2) is 0 Å². The van der Waals surface area contributed by atoms with E-state index in [4.69, 9.17) is 5.11 Å². The summed E-state index contributed by atoms with van der Waals surface area (Å²) >= 11 is 0. The number of hydrogen-bond acceptors (Lipinski definition) is 4. The largest absolute Gasteiger partial charge is 0.390 e. The minimum Gasteiger partial charge on any atom is -0.390 e. The van der Waals surface area contributed by atoms with Gasteiger partial charge in [0.1, 0.15) is 11.9 Å². The van der Waals surface area contributed by atoms with E-state index in [2.05, 4.69) is 0 Å². The summed E-state index contributed by atoms with van der Waals surface area (Å²) < 4.78 is 0. The number of aliphatic hydroxyl groups excluding tert-OH is 1. The summed E-state index contributed by atoms with van der Waals surface area (Å²) in [6.07, 6.45) is -0.335. The highest BCUT2D eigenvalue weighted by molar-refractivity contribution is 5.98. The molecule has 0 spiro atoms. The molecule has 0 rings (SSSR count). The monoisotopic (exact) mass is 188 g/mol. The maximum Gasteiger partial charge on any atom is 0.176 e. The third-order valence-corrected chi connectivity index (χ3v) is 2.25. The number of carbonyl (C=O) groups is 2. The molecule has 0 aliphatic rings. The van der Waals surface area contributed by atoms with Crippen molar-refractivity contribution in [3.63, 3.8) is 0 Å². The molecule has 3 unspecified atom stereocenters. The lowest BCUT2D eigenvalue weighted by molar-refractivity contribution is -0.151. The van der Waals surface area contributed by atoms with Gasteiger partial charge >= 0.3 is 0 Å². The van der Waals surface area contributed by atoms with E-state index in [9.17, 15) is 14.7 Å². The number of carbonyl (C=O) groups excluding carboxylic acids is 2. The Labute approximate surface area is 77.6 Å². The Hall–Kier alpha value is -0.740. The van der Waals surface area contributed by atoms with Crippen molar-refractivity contribution < 1.29 is 19.8 Å². The molecule has 76 valence electrons. The first-order chi connectivity index (χ1) is 5.87. The average Bonchev–Trinajstić information content (AvgIpc) is 2.06. The average molecular weight is 188 g/mol. The van der Waals surface area contributed by atoms with Crippen LogP contribution in [0.1, 0.15) is 27.2 Å². The van der Waals surface area contributed by atoms with Crippen molar-refractivity contribution in [1.82, 2.24) is 0 Å². The van der Waals surface area contributed by atoms with E-state index in [1.165, 1.54) is 13.8 Å². The molecule has 0 bridgehead atoms. The lowest BCUT2D eigenvalue weighted by Gasteiger charge is -2.26. The standard InChI is InChI=1S/C9H16O4/c1-4-7(5-10)8(12)9(3,13)6(2)11/h5-7,11,13H,4H2,1-3H3. The van der Waals surface area contributed by atoms with Crippen LogP contribution in [-0.4, -0.2) is 34.0 Å². The molecule has 0 saturated heterocycles. The fourth-order valence-electron chi connectivity index (χ4n) is 0.925. The van der Waals surface area contributed by atoms with Crippen LogP contribution in [0.15, 0.2) is 0 Å². The van der Waals surface area contributed by atoms with Crippen molar-refractivity contribution in [2.75, 3.05) is 0 Å². The summed E-state index contributed by atoms with van der Waals surface area (Å²) in [5.74, 6) is -1.45. The minimum absolute atomic E-state index is 0.338. The van der Waals surface area contributed by atoms with Gasteiger partial charge in [0, 0.05) is 0 Å². The Morgan fingerprint density at radius 2 is 2.08 bits per heavy atom. The van der Waals surface area contributed by atoms with Gasteiger partial charge in [-0.1, -0.05) is 6.92 Å². The Kier molecular flexibility index (Phi) is 4.23. The predicted octanol–water partition coefficient (Wildman–Crippen LogP) is -0.0876. The Balaban J connectivity index is 4.66. The second-order valence-corrected chi connectivity index (χ2v) is 3.34. The summed E-state index contributed by atoms with van der Waals surface area (Å²) in [7, 11) is 0. The lowest BCUT2D eigenvalue weighted by Crippen LogP contribution is -2.48. The molecule has 0 aromatic carbocycles. The van der Waals surface area contributed by atoms with Crippen LogP contribution < -0.4 is 0 Å². The molecule has 0 aromatic rings. The first-order valence-corrected chi connectivity index (χ1v) is 4.28. The van der Waals surface area contributed by atoms with Crippen LogP contribution in [0.2, 0.25) is 0 Å². The van der Waals surface area contributed by atoms with Crippen molar-refractivity contribution >= 4 is 12.1 Å². The topological polar surface area (TPSA) is 74.6 Å². The molecule has 4 heteroatoms. The van der Waals surface area contributed by atoms with Gasteiger partial charge in [0.25, 0.3) is 0 Å².